The van der Waals surface area contributed by atoms with Crippen molar-refractivity contribution in [2.24, 2.45) is 0 Å². The molecule has 156 valence electrons. The quantitative estimate of drug-likeness (QED) is 0.289. The fraction of sp³-hybridized carbons (Fsp3) is 0.0667. The lowest BCUT2D eigenvalue weighted by Crippen LogP contribution is -2.01. The zero-order valence-corrected chi connectivity index (χ0v) is 18.0. The predicted molar refractivity (Wildman–Crippen MR) is 133 cm³/mol. The normalized spacial score (nSPS) is 12.6. The predicted octanol–water partition coefficient (Wildman–Crippen LogP) is 7.48. The summed E-state index contributed by atoms with van der Waals surface area (Å²) in [6.07, 6.45) is 7.66. The summed E-state index contributed by atoms with van der Waals surface area (Å²) in [6, 6.07) is 27.7. The Morgan fingerprint density at radius 1 is 0.697 bits per heavy atom. The first-order valence-electron chi connectivity index (χ1n) is 11.3. The third-order valence-corrected chi connectivity index (χ3v) is 6.73. The third-order valence-electron chi connectivity index (χ3n) is 6.73. The Morgan fingerprint density at radius 2 is 1.58 bits per heavy atom. The van der Waals surface area contributed by atoms with Crippen molar-refractivity contribution in [3.8, 4) is 33.7 Å². The number of hydrogen-bond donors (Lipinski definition) is 0. The van der Waals surface area contributed by atoms with Gasteiger partial charge in [-0.25, -0.2) is 0 Å². The van der Waals surface area contributed by atoms with Crippen LogP contribution in [0.2, 0.25) is 0 Å². The Morgan fingerprint density at radius 3 is 2.52 bits per heavy atom. The fourth-order valence-electron chi connectivity index (χ4n) is 5.16. The van der Waals surface area contributed by atoms with E-state index in [0.717, 1.165) is 46.4 Å². The summed E-state index contributed by atoms with van der Waals surface area (Å²) in [5.74, 6) is 0.942. The molecule has 3 aromatic carbocycles. The molecule has 0 radical (unpaired) electrons. The molecule has 3 aromatic heterocycles. The second kappa shape index (κ2) is 7.14. The van der Waals surface area contributed by atoms with E-state index in [1.54, 1.807) is 0 Å². The van der Waals surface area contributed by atoms with Gasteiger partial charge in [0.15, 0.2) is 5.58 Å². The summed E-state index contributed by atoms with van der Waals surface area (Å²) < 4.78 is 6.56. The average Bonchev–Trinajstić information content (AvgIpc) is 3.28. The molecular weight excluding hydrogens is 404 g/mol. The van der Waals surface area contributed by atoms with E-state index in [1.165, 1.54) is 33.0 Å². The Kier molecular flexibility index (Phi) is 3.97. The van der Waals surface area contributed by atoms with Gasteiger partial charge in [0.05, 0.1) is 0 Å². The topological polar surface area (TPSA) is 38.9 Å². The molecule has 0 spiro atoms. The van der Waals surface area contributed by atoms with Gasteiger partial charge in [-0.1, -0.05) is 54.6 Å². The third kappa shape index (κ3) is 2.82. The smallest absolute Gasteiger partial charge is 0.161 e. The van der Waals surface area contributed by atoms with E-state index < -0.39 is 0 Å². The van der Waals surface area contributed by atoms with Gasteiger partial charge in [0.1, 0.15) is 11.5 Å². The lowest BCUT2D eigenvalue weighted by Gasteiger charge is -2.13. The van der Waals surface area contributed by atoms with Gasteiger partial charge in [0.2, 0.25) is 0 Å². The summed E-state index contributed by atoms with van der Waals surface area (Å²) in [6.45, 7) is 0. The molecule has 0 atom stereocenters. The van der Waals surface area contributed by atoms with Crippen LogP contribution in [-0.4, -0.2) is 9.97 Å². The van der Waals surface area contributed by atoms with Crippen LogP contribution in [0, 0.1) is 0 Å². The number of pyridine rings is 2. The van der Waals surface area contributed by atoms with Gasteiger partial charge in [-0.15, -0.1) is 0 Å². The molecule has 33 heavy (non-hydrogen) atoms. The van der Waals surface area contributed by atoms with Crippen molar-refractivity contribution in [3.05, 3.63) is 109 Å². The first kappa shape index (κ1) is 18.3. The maximum atomic E-state index is 6.56. The standard InChI is InChI=1S/C30H20N2O/c1-2-6-19(7-3-1)26-17-22(16-21-8-4-5-9-23(21)26)28-30-25(13-15-32-28)24-11-10-20-12-14-31-18-27(20)29(24)33-30/h1-9,12-18H,10-11H2. The van der Waals surface area contributed by atoms with Crippen LogP contribution in [-0.2, 0) is 12.8 Å². The van der Waals surface area contributed by atoms with E-state index in [4.69, 9.17) is 9.40 Å². The van der Waals surface area contributed by atoms with Gasteiger partial charge in [-0.05, 0) is 64.6 Å². The molecule has 0 amide bonds. The first-order valence-corrected chi connectivity index (χ1v) is 11.3. The molecule has 0 unspecified atom stereocenters. The minimum atomic E-state index is 0.855. The van der Waals surface area contributed by atoms with Gasteiger partial charge in [-0.2, -0.15) is 0 Å². The van der Waals surface area contributed by atoms with Crippen molar-refractivity contribution < 1.29 is 4.42 Å². The van der Waals surface area contributed by atoms with Crippen molar-refractivity contribution in [2.75, 3.05) is 0 Å². The van der Waals surface area contributed by atoms with E-state index in [0.29, 0.717) is 0 Å². The van der Waals surface area contributed by atoms with Gasteiger partial charge in [0, 0.05) is 40.7 Å². The highest BCUT2D eigenvalue weighted by Crippen LogP contribution is 2.43. The number of nitrogens with zero attached hydrogens (tertiary/aromatic N) is 2. The van der Waals surface area contributed by atoms with E-state index in [-0.39, 0.29) is 0 Å². The second-order valence-corrected chi connectivity index (χ2v) is 8.59. The second-order valence-electron chi connectivity index (χ2n) is 8.59. The van der Waals surface area contributed by atoms with E-state index in [1.807, 2.05) is 18.6 Å². The van der Waals surface area contributed by atoms with Gasteiger partial charge >= 0.3 is 0 Å². The molecule has 3 heteroatoms. The monoisotopic (exact) mass is 424 g/mol. The Bertz CT molecular complexity index is 1660. The van der Waals surface area contributed by atoms with Crippen molar-refractivity contribution >= 4 is 21.7 Å². The van der Waals surface area contributed by atoms with Crippen molar-refractivity contribution in [1.82, 2.24) is 9.97 Å². The fourth-order valence-corrected chi connectivity index (χ4v) is 5.16. The zero-order valence-electron chi connectivity index (χ0n) is 18.0. The largest absolute Gasteiger partial charge is 0.453 e. The van der Waals surface area contributed by atoms with Crippen LogP contribution >= 0.6 is 0 Å². The molecule has 1 aliphatic rings. The highest BCUT2D eigenvalue weighted by Gasteiger charge is 2.25. The lowest BCUT2D eigenvalue weighted by atomic mass is 9.90. The van der Waals surface area contributed by atoms with E-state index in [9.17, 15) is 0 Å². The van der Waals surface area contributed by atoms with Crippen LogP contribution < -0.4 is 0 Å². The zero-order chi connectivity index (χ0) is 21.8. The van der Waals surface area contributed by atoms with Crippen LogP contribution in [0.1, 0.15) is 11.1 Å². The molecular formula is C30H20N2O. The number of rotatable bonds is 2. The summed E-state index contributed by atoms with van der Waals surface area (Å²) in [5, 5.41) is 3.58. The van der Waals surface area contributed by atoms with Crippen LogP contribution in [0.4, 0.5) is 0 Å². The molecule has 0 saturated carbocycles. The first-order chi connectivity index (χ1) is 16.4. The van der Waals surface area contributed by atoms with E-state index >= 15 is 0 Å². The SMILES string of the molecule is c1ccc(-c2cc(-c3nccc4c5c(oc34)-c3cnccc3CC5)cc3ccccc23)cc1. The Hall–Kier alpha value is -4.24. The van der Waals surface area contributed by atoms with Crippen LogP contribution in [0.25, 0.3) is 55.4 Å². The van der Waals surface area contributed by atoms with Crippen molar-refractivity contribution in [3.63, 3.8) is 0 Å². The number of hydrogen-bond acceptors (Lipinski definition) is 3. The number of aromatic nitrogens is 2. The van der Waals surface area contributed by atoms with Crippen LogP contribution in [0.15, 0.2) is 102 Å². The van der Waals surface area contributed by atoms with Crippen LogP contribution in [0.5, 0.6) is 0 Å². The summed E-state index contributed by atoms with van der Waals surface area (Å²) in [4.78, 5) is 9.16. The Balaban J connectivity index is 1.50. The molecule has 1 aliphatic carbocycles. The van der Waals surface area contributed by atoms with E-state index in [2.05, 4.69) is 83.8 Å². The average molecular weight is 425 g/mol. The van der Waals surface area contributed by atoms with Gasteiger partial charge in [-0.3, -0.25) is 9.97 Å². The highest BCUT2D eigenvalue weighted by molar-refractivity contribution is 6.03. The number of fused-ring (bicyclic) bond motifs is 6. The van der Waals surface area contributed by atoms with Crippen LogP contribution in [0.3, 0.4) is 0 Å². The Labute approximate surface area is 191 Å². The number of benzene rings is 3. The summed E-state index contributed by atoms with van der Waals surface area (Å²) >= 11 is 0. The lowest BCUT2D eigenvalue weighted by molar-refractivity contribution is 0.620. The molecule has 3 heterocycles. The molecule has 0 aliphatic heterocycles. The minimum absolute atomic E-state index is 0.855. The molecule has 0 N–H and O–H groups in total. The number of furan rings is 1. The van der Waals surface area contributed by atoms with Gasteiger partial charge < -0.3 is 4.42 Å². The number of aryl methyl sites for hydroxylation is 2. The maximum absolute atomic E-state index is 6.56. The summed E-state index contributed by atoms with van der Waals surface area (Å²) in [5.41, 5.74) is 8.86. The minimum Gasteiger partial charge on any atom is -0.453 e. The molecule has 6 aromatic rings. The van der Waals surface area contributed by atoms with Crippen molar-refractivity contribution in [2.45, 2.75) is 12.8 Å². The highest BCUT2D eigenvalue weighted by atomic mass is 16.3. The molecule has 0 bridgehead atoms. The molecule has 0 saturated heterocycles. The summed E-state index contributed by atoms with van der Waals surface area (Å²) in [7, 11) is 0. The maximum Gasteiger partial charge on any atom is 0.161 e. The molecule has 3 nitrogen and oxygen atoms in total. The van der Waals surface area contributed by atoms with Crippen molar-refractivity contribution in [1.29, 1.82) is 0 Å². The van der Waals surface area contributed by atoms with Gasteiger partial charge in [0.25, 0.3) is 0 Å². The molecule has 0 fully saturated rings. The molecule has 7 rings (SSSR count).